The number of hydrogen-bond acceptors (Lipinski definition) is 3. The zero-order valence-corrected chi connectivity index (χ0v) is 12.2. The molecule has 0 aliphatic rings. The maximum atomic E-state index is 11.5. The van der Waals surface area contributed by atoms with Crippen LogP contribution < -0.4 is 14.8 Å². The summed E-state index contributed by atoms with van der Waals surface area (Å²) in [4.78, 5) is 11.5. The minimum Gasteiger partial charge on any atom is -0.497 e. The summed E-state index contributed by atoms with van der Waals surface area (Å²) >= 11 is 0. The molecule has 0 unspecified atom stereocenters. The highest BCUT2D eigenvalue weighted by atomic mass is 16.5. The number of hydrogen-bond donors (Lipinski definition) is 1. The first kappa shape index (κ1) is 15.9. The van der Waals surface area contributed by atoms with E-state index in [1.165, 1.54) is 0 Å². The van der Waals surface area contributed by atoms with Crippen molar-refractivity contribution in [2.75, 3.05) is 13.7 Å². The van der Waals surface area contributed by atoms with Gasteiger partial charge in [0.1, 0.15) is 17.1 Å². The Hall–Kier alpha value is -2.19. The molecule has 1 aromatic rings. The summed E-state index contributed by atoms with van der Waals surface area (Å²) in [5.74, 6) is 1.36. The molecule has 0 aliphatic carbocycles. The topological polar surface area (TPSA) is 47.6 Å². The van der Waals surface area contributed by atoms with Crippen LogP contribution in [0.25, 0.3) is 0 Å². The molecule has 0 radical (unpaired) electrons. The Morgan fingerprint density at radius 2 is 2.15 bits per heavy atom. The molecule has 1 amide bonds. The van der Waals surface area contributed by atoms with Gasteiger partial charge < -0.3 is 14.8 Å². The third kappa shape index (κ3) is 5.63. The maximum absolute atomic E-state index is 11.5. The first-order valence-corrected chi connectivity index (χ1v) is 6.41. The molecule has 0 spiro atoms. The zero-order valence-electron chi connectivity index (χ0n) is 12.2. The number of amides is 1. The summed E-state index contributed by atoms with van der Waals surface area (Å²) in [6, 6.07) is 7.37. The van der Waals surface area contributed by atoms with E-state index in [1.807, 2.05) is 38.1 Å². The van der Waals surface area contributed by atoms with E-state index in [1.54, 1.807) is 13.2 Å². The molecular weight excluding hydrogens is 254 g/mol. The van der Waals surface area contributed by atoms with Crippen LogP contribution in [-0.4, -0.2) is 25.2 Å². The predicted molar refractivity (Wildman–Crippen MR) is 79.0 cm³/mol. The molecule has 0 heterocycles. The largest absolute Gasteiger partial charge is 0.497 e. The van der Waals surface area contributed by atoms with Crippen LogP contribution in [-0.2, 0) is 4.79 Å². The molecular formula is C16H21NO3. The van der Waals surface area contributed by atoms with Gasteiger partial charge in [-0.05, 0) is 32.1 Å². The lowest BCUT2D eigenvalue weighted by Gasteiger charge is -2.27. The van der Waals surface area contributed by atoms with Crippen molar-refractivity contribution in [2.45, 2.75) is 25.9 Å². The molecule has 0 saturated carbocycles. The fraction of sp³-hybridized carbons (Fsp3) is 0.375. The molecule has 1 N–H and O–H groups in total. The molecule has 4 nitrogen and oxygen atoms in total. The van der Waals surface area contributed by atoms with Crippen molar-refractivity contribution < 1.29 is 14.3 Å². The van der Waals surface area contributed by atoms with E-state index < -0.39 is 5.60 Å². The number of methoxy groups -OCH3 is 1. The van der Waals surface area contributed by atoms with Crippen molar-refractivity contribution in [3.63, 3.8) is 0 Å². The third-order valence-electron chi connectivity index (χ3n) is 2.58. The Morgan fingerprint density at radius 3 is 2.80 bits per heavy atom. The monoisotopic (exact) mass is 275 g/mol. The van der Waals surface area contributed by atoms with Crippen LogP contribution >= 0.6 is 0 Å². The van der Waals surface area contributed by atoms with Crippen molar-refractivity contribution in [3.05, 3.63) is 42.7 Å². The fourth-order valence-corrected chi connectivity index (χ4v) is 1.57. The smallest absolute Gasteiger partial charge is 0.224 e. The molecule has 20 heavy (non-hydrogen) atoms. The minimum atomic E-state index is -0.514. The Bertz CT molecular complexity index is 502. The highest BCUT2D eigenvalue weighted by molar-refractivity contribution is 5.77. The fourth-order valence-electron chi connectivity index (χ4n) is 1.57. The number of carbonyl (C=O) groups is 1. The number of rotatable bonds is 7. The molecule has 0 atom stereocenters. The minimum absolute atomic E-state index is 0.0801. The van der Waals surface area contributed by atoms with E-state index in [9.17, 15) is 4.79 Å². The van der Waals surface area contributed by atoms with E-state index in [0.717, 1.165) is 5.75 Å². The summed E-state index contributed by atoms with van der Waals surface area (Å²) in [6.45, 7) is 7.65. The second-order valence-electron chi connectivity index (χ2n) is 4.93. The van der Waals surface area contributed by atoms with E-state index >= 15 is 0 Å². The Balaban J connectivity index is 2.55. The van der Waals surface area contributed by atoms with Crippen LogP contribution in [0, 0.1) is 0 Å². The molecule has 4 heteroatoms. The standard InChI is InChI=1S/C16H21NO3/c1-5-6-10-15(18)17-12-16(2,3)20-14-9-7-8-13(11-14)19-4/h6-9,11H,1,10,12H2,2-4H3,(H,17,18). The number of nitrogens with one attached hydrogen (secondary N) is 1. The summed E-state index contributed by atoms with van der Waals surface area (Å²) in [5.41, 5.74) is 2.05. The van der Waals surface area contributed by atoms with Crippen molar-refractivity contribution in [1.29, 1.82) is 0 Å². The van der Waals surface area contributed by atoms with Gasteiger partial charge in [0.2, 0.25) is 5.91 Å². The van der Waals surface area contributed by atoms with Crippen LogP contribution in [0.3, 0.4) is 0 Å². The van der Waals surface area contributed by atoms with E-state index in [0.29, 0.717) is 12.3 Å². The first-order valence-electron chi connectivity index (χ1n) is 6.41. The highest BCUT2D eigenvalue weighted by Crippen LogP contribution is 2.22. The third-order valence-corrected chi connectivity index (χ3v) is 2.58. The van der Waals surface area contributed by atoms with Gasteiger partial charge in [-0.2, -0.15) is 0 Å². The highest BCUT2D eigenvalue weighted by Gasteiger charge is 2.20. The Kier molecular flexibility index (Phi) is 5.88. The quantitative estimate of drug-likeness (QED) is 0.778. The van der Waals surface area contributed by atoms with Gasteiger partial charge in [-0.25, -0.2) is 0 Å². The normalized spacial score (nSPS) is 10.3. The SMILES string of the molecule is C=C=CCC(=O)NCC(C)(C)Oc1cccc(OC)c1. The molecule has 0 saturated heterocycles. The summed E-state index contributed by atoms with van der Waals surface area (Å²) in [6.07, 6.45) is 1.87. The molecule has 0 aromatic heterocycles. The molecule has 1 aromatic carbocycles. The number of ether oxygens (including phenoxy) is 2. The van der Waals surface area contributed by atoms with Crippen molar-refractivity contribution in [3.8, 4) is 11.5 Å². The Morgan fingerprint density at radius 1 is 1.45 bits per heavy atom. The first-order chi connectivity index (χ1) is 9.46. The second kappa shape index (κ2) is 7.41. The van der Waals surface area contributed by atoms with Gasteiger partial charge in [-0.15, -0.1) is 5.73 Å². The van der Waals surface area contributed by atoms with Crippen molar-refractivity contribution in [1.82, 2.24) is 5.32 Å². The lowest BCUT2D eigenvalue weighted by molar-refractivity contribution is -0.121. The molecule has 0 fully saturated rings. The van der Waals surface area contributed by atoms with Crippen LogP contribution in [0.4, 0.5) is 0 Å². The van der Waals surface area contributed by atoms with E-state index in [2.05, 4.69) is 17.6 Å². The number of benzene rings is 1. The van der Waals surface area contributed by atoms with Crippen LogP contribution in [0.15, 0.2) is 42.7 Å². The van der Waals surface area contributed by atoms with Crippen LogP contribution in [0.1, 0.15) is 20.3 Å². The van der Waals surface area contributed by atoms with Crippen LogP contribution in [0.2, 0.25) is 0 Å². The molecule has 0 aliphatic heterocycles. The van der Waals surface area contributed by atoms with E-state index in [4.69, 9.17) is 9.47 Å². The van der Waals surface area contributed by atoms with Gasteiger partial charge in [-0.3, -0.25) is 4.79 Å². The zero-order chi connectivity index (χ0) is 15.0. The average Bonchev–Trinajstić information content (AvgIpc) is 2.42. The maximum Gasteiger partial charge on any atom is 0.224 e. The summed E-state index contributed by atoms with van der Waals surface area (Å²) < 4.78 is 11.0. The predicted octanol–water partition coefficient (Wildman–Crippen LogP) is 2.70. The van der Waals surface area contributed by atoms with Gasteiger partial charge in [0.15, 0.2) is 0 Å². The molecule has 0 bridgehead atoms. The van der Waals surface area contributed by atoms with Crippen LogP contribution in [0.5, 0.6) is 11.5 Å². The van der Waals surface area contributed by atoms with Crippen molar-refractivity contribution in [2.24, 2.45) is 0 Å². The summed E-state index contributed by atoms with van der Waals surface area (Å²) in [7, 11) is 1.61. The molecule has 108 valence electrons. The lowest BCUT2D eigenvalue weighted by Crippen LogP contribution is -2.42. The van der Waals surface area contributed by atoms with Gasteiger partial charge in [0.25, 0.3) is 0 Å². The van der Waals surface area contributed by atoms with Gasteiger partial charge in [-0.1, -0.05) is 12.6 Å². The molecule has 1 rings (SSSR count). The van der Waals surface area contributed by atoms with Gasteiger partial charge >= 0.3 is 0 Å². The average molecular weight is 275 g/mol. The second-order valence-corrected chi connectivity index (χ2v) is 4.93. The Labute approximate surface area is 120 Å². The lowest BCUT2D eigenvalue weighted by atomic mass is 10.1. The van der Waals surface area contributed by atoms with Crippen molar-refractivity contribution >= 4 is 5.91 Å². The number of carbonyl (C=O) groups excluding carboxylic acids is 1. The van der Waals surface area contributed by atoms with Gasteiger partial charge in [0, 0.05) is 6.07 Å². The van der Waals surface area contributed by atoms with E-state index in [-0.39, 0.29) is 12.3 Å². The van der Waals surface area contributed by atoms with Gasteiger partial charge in [0.05, 0.1) is 20.1 Å². The summed E-state index contributed by atoms with van der Waals surface area (Å²) in [5, 5.41) is 2.81.